The number of sulfonamides is 1. The zero-order valence-electron chi connectivity index (χ0n) is 13.7. The Bertz CT molecular complexity index is 607. The van der Waals surface area contributed by atoms with Crippen molar-refractivity contribution in [1.29, 1.82) is 0 Å². The summed E-state index contributed by atoms with van der Waals surface area (Å²) in [6, 6.07) is 6.63. The molecule has 23 heavy (non-hydrogen) atoms. The number of hydrogen-bond acceptors (Lipinski definition) is 3. The van der Waals surface area contributed by atoms with Crippen LogP contribution in [0.15, 0.2) is 41.8 Å². The monoisotopic (exact) mass is 355 g/mol. The highest BCUT2D eigenvalue weighted by atomic mass is 32.2. The van der Waals surface area contributed by atoms with Crippen LogP contribution >= 0.6 is 12.2 Å². The Morgan fingerprint density at radius 3 is 2.26 bits per heavy atom. The van der Waals surface area contributed by atoms with Gasteiger partial charge >= 0.3 is 0 Å². The normalized spacial score (nSPS) is 11.3. The fraction of sp³-hybridized carbons (Fsp3) is 0.438. The molecule has 0 aliphatic heterocycles. The molecule has 0 radical (unpaired) electrons. The van der Waals surface area contributed by atoms with Crippen LogP contribution < -0.4 is 10.6 Å². The summed E-state index contributed by atoms with van der Waals surface area (Å²) in [5.41, 5.74) is 0.739. The maximum atomic E-state index is 12.6. The molecule has 0 unspecified atom stereocenters. The van der Waals surface area contributed by atoms with Gasteiger partial charge in [0.2, 0.25) is 10.0 Å². The first kappa shape index (κ1) is 19.6. The van der Waals surface area contributed by atoms with Gasteiger partial charge in [0.05, 0.1) is 4.90 Å². The van der Waals surface area contributed by atoms with E-state index >= 15 is 0 Å². The predicted molar refractivity (Wildman–Crippen MR) is 100 cm³/mol. The Labute approximate surface area is 144 Å². The minimum atomic E-state index is -3.44. The standard InChI is InChI=1S/C16H25N3O2S2/c1-4-11-17-16(22)18-14-7-9-15(10-8-14)23(20,21)19(12-5-2)13-6-3/h4,7-10H,1,5-6,11-13H2,2-3H3,(H2,17,18,22). The molecular formula is C16H25N3O2S2. The van der Waals surface area contributed by atoms with Gasteiger partial charge in [-0.25, -0.2) is 8.42 Å². The molecule has 0 fully saturated rings. The van der Waals surface area contributed by atoms with Crippen molar-refractivity contribution in [1.82, 2.24) is 9.62 Å². The molecule has 1 rings (SSSR count). The highest BCUT2D eigenvalue weighted by molar-refractivity contribution is 7.89. The lowest BCUT2D eigenvalue weighted by atomic mass is 10.3. The van der Waals surface area contributed by atoms with E-state index in [9.17, 15) is 8.42 Å². The van der Waals surface area contributed by atoms with Crippen LogP contribution in [0.5, 0.6) is 0 Å². The van der Waals surface area contributed by atoms with E-state index in [-0.39, 0.29) is 0 Å². The average Bonchev–Trinajstić information content (AvgIpc) is 2.53. The summed E-state index contributed by atoms with van der Waals surface area (Å²) >= 11 is 5.12. The van der Waals surface area contributed by atoms with Crippen LogP contribution in [0.25, 0.3) is 0 Å². The molecule has 7 heteroatoms. The van der Waals surface area contributed by atoms with E-state index in [2.05, 4.69) is 17.2 Å². The summed E-state index contributed by atoms with van der Waals surface area (Å²) in [4.78, 5) is 0.301. The van der Waals surface area contributed by atoms with Gasteiger partial charge < -0.3 is 10.6 Å². The van der Waals surface area contributed by atoms with Crippen molar-refractivity contribution in [2.24, 2.45) is 0 Å². The molecule has 0 saturated heterocycles. The van der Waals surface area contributed by atoms with Gasteiger partial charge in [0, 0.05) is 25.3 Å². The topological polar surface area (TPSA) is 61.4 Å². The number of hydrogen-bond donors (Lipinski definition) is 2. The Hall–Kier alpha value is -1.44. The number of rotatable bonds is 9. The third-order valence-corrected chi connectivity index (χ3v) is 5.26. The third kappa shape index (κ3) is 5.93. The van der Waals surface area contributed by atoms with Crippen molar-refractivity contribution in [3.8, 4) is 0 Å². The van der Waals surface area contributed by atoms with Crippen LogP contribution in [0.1, 0.15) is 26.7 Å². The lowest BCUT2D eigenvalue weighted by Crippen LogP contribution is -2.32. The van der Waals surface area contributed by atoms with Gasteiger partial charge in [-0.2, -0.15) is 4.31 Å². The molecule has 0 saturated carbocycles. The predicted octanol–water partition coefficient (Wildman–Crippen LogP) is 2.97. The molecule has 0 aromatic heterocycles. The van der Waals surface area contributed by atoms with E-state index in [0.717, 1.165) is 18.5 Å². The summed E-state index contributed by atoms with van der Waals surface area (Å²) in [7, 11) is -3.44. The van der Waals surface area contributed by atoms with E-state index in [1.807, 2.05) is 13.8 Å². The second kappa shape index (κ2) is 9.64. The summed E-state index contributed by atoms with van der Waals surface area (Å²) in [5.74, 6) is 0. The average molecular weight is 356 g/mol. The van der Waals surface area contributed by atoms with E-state index in [0.29, 0.717) is 29.6 Å². The van der Waals surface area contributed by atoms with Crippen LogP contribution in [-0.4, -0.2) is 37.5 Å². The second-order valence-electron chi connectivity index (χ2n) is 5.05. The molecule has 0 amide bonds. The summed E-state index contributed by atoms with van der Waals surface area (Å²) in [5, 5.41) is 6.42. The SMILES string of the molecule is C=CCNC(=S)Nc1ccc(S(=O)(=O)N(CCC)CCC)cc1. The van der Waals surface area contributed by atoms with E-state index in [4.69, 9.17) is 12.2 Å². The number of benzene rings is 1. The molecule has 0 spiro atoms. The Morgan fingerprint density at radius 1 is 1.22 bits per heavy atom. The quantitative estimate of drug-likeness (QED) is 0.527. The number of nitrogens with zero attached hydrogens (tertiary/aromatic N) is 1. The first-order chi connectivity index (χ1) is 11.0. The van der Waals surface area contributed by atoms with E-state index < -0.39 is 10.0 Å². The van der Waals surface area contributed by atoms with Crippen LogP contribution in [-0.2, 0) is 10.0 Å². The fourth-order valence-corrected chi connectivity index (χ4v) is 3.88. The smallest absolute Gasteiger partial charge is 0.243 e. The zero-order chi connectivity index (χ0) is 17.3. The van der Waals surface area contributed by atoms with Gasteiger partial charge in [-0.3, -0.25) is 0 Å². The summed E-state index contributed by atoms with van der Waals surface area (Å²) in [6.07, 6.45) is 3.30. The molecule has 0 heterocycles. The zero-order valence-corrected chi connectivity index (χ0v) is 15.3. The van der Waals surface area contributed by atoms with Crippen molar-refractivity contribution >= 4 is 33.0 Å². The van der Waals surface area contributed by atoms with E-state index in [1.54, 1.807) is 30.3 Å². The van der Waals surface area contributed by atoms with Crippen molar-refractivity contribution in [3.05, 3.63) is 36.9 Å². The molecular weight excluding hydrogens is 330 g/mol. The first-order valence-corrected chi connectivity index (χ1v) is 9.56. The maximum absolute atomic E-state index is 12.6. The molecule has 1 aromatic carbocycles. The molecule has 0 bridgehead atoms. The van der Waals surface area contributed by atoms with Gasteiger partial charge in [0.15, 0.2) is 5.11 Å². The highest BCUT2D eigenvalue weighted by Gasteiger charge is 2.22. The molecule has 2 N–H and O–H groups in total. The van der Waals surface area contributed by atoms with Gasteiger partial charge in [-0.1, -0.05) is 19.9 Å². The summed E-state index contributed by atoms with van der Waals surface area (Å²) in [6.45, 7) is 9.19. The van der Waals surface area contributed by atoms with Crippen molar-refractivity contribution in [3.63, 3.8) is 0 Å². The Balaban J connectivity index is 2.85. The first-order valence-electron chi connectivity index (χ1n) is 7.71. The molecule has 1 aromatic rings. The second-order valence-corrected chi connectivity index (χ2v) is 7.40. The molecule has 5 nitrogen and oxygen atoms in total. The molecule has 0 aliphatic rings. The van der Waals surface area contributed by atoms with Gasteiger partial charge in [0.1, 0.15) is 0 Å². The van der Waals surface area contributed by atoms with Crippen LogP contribution in [0.2, 0.25) is 0 Å². The molecule has 0 aliphatic carbocycles. The summed E-state index contributed by atoms with van der Waals surface area (Å²) < 4.78 is 26.8. The highest BCUT2D eigenvalue weighted by Crippen LogP contribution is 2.19. The number of anilines is 1. The largest absolute Gasteiger partial charge is 0.359 e. The minimum Gasteiger partial charge on any atom is -0.359 e. The van der Waals surface area contributed by atoms with Crippen LogP contribution in [0.4, 0.5) is 5.69 Å². The van der Waals surface area contributed by atoms with Crippen LogP contribution in [0, 0.1) is 0 Å². The van der Waals surface area contributed by atoms with Gasteiger partial charge in [-0.15, -0.1) is 6.58 Å². The molecule has 128 valence electrons. The molecule has 0 atom stereocenters. The van der Waals surface area contributed by atoms with Crippen molar-refractivity contribution in [2.45, 2.75) is 31.6 Å². The van der Waals surface area contributed by atoms with E-state index in [1.165, 1.54) is 4.31 Å². The minimum absolute atomic E-state index is 0.301. The Morgan fingerprint density at radius 2 is 1.78 bits per heavy atom. The maximum Gasteiger partial charge on any atom is 0.243 e. The van der Waals surface area contributed by atoms with Gasteiger partial charge in [-0.05, 0) is 49.3 Å². The van der Waals surface area contributed by atoms with Crippen molar-refractivity contribution in [2.75, 3.05) is 25.0 Å². The van der Waals surface area contributed by atoms with Gasteiger partial charge in [0.25, 0.3) is 0 Å². The van der Waals surface area contributed by atoms with Crippen molar-refractivity contribution < 1.29 is 8.42 Å². The third-order valence-electron chi connectivity index (χ3n) is 3.10. The number of thiocarbonyl (C=S) groups is 1. The number of nitrogens with one attached hydrogen (secondary N) is 2. The fourth-order valence-electron chi connectivity index (χ4n) is 2.05. The lowest BCUT2D eigenvalue weighted by molar-refractivity contribution is 0.410. The lowest BCUT2D eigenvalue weighted by Gasteiger charge is -2.21. The van der Waals surface area contributed by atoms with Crippen LogP contribution in [0.3, 0.4) is 0 Å². The Kier molecular flexibility index (Phi) is 8.22.